The lowest BCUT2D eigenvalue weighted by Gasteiger charge is -1.82. The van der Waals surface area contributed by atoms with E-state index < -0.39 is 0 Å². The maximum absolute atomic E-state index is 8.63. The van der Waals surface area contributed by atoms with E-state index in [1.165, 1.54) is 0 Å². The van der Waals surface area contributed by atoms with Crippen molar-refractivity contribution in [3.05, 3.63) is 30.3 Å². The van der Waals surface area contributed by atoms with Crippen molar-refractivity contribution in [2.45, 2.75) is 0 Å². The summed E-state index contributed by atoms with van der Waals surface area (Å²) < 4.78 is 0. The van der Waals surface area contributed by atoms with Crippen molar-refractivity contribution in [2.75, 3.05) is 0 Å². The summed E-state index contributed by atoms with van der Waals surface area (Å²) in [6.45, 7) is 0. The standard InChI is InChI=1S/C6H6O.BH3.3FH/c7-6-4-2-1-3-5-6;;;;/h1-5,7H;1H3;3*1H. The van der Waals surface area contributed by atoms with Gasteiger partial charge in [0.05, 0.1) is 8.41 Å². The Labute approximate surface area is 64.7 Å². The zero-order chi connectivity index (χ0) is 5.11. The van der Waals surface area contributed by atoms with Gasteiger partial charge in [-0.25, -0.2) is 0 Å². The first-order valence-corrected chi connectivity index (χ1v) is 2.13. The van der Waals surface area contributed by atoms with Crippen molar-refractivity contribution in [1.82, 2.24) is 0 Å². The molecule has 1 aromatic carbocycles. The van der Waals surface area contributed by atoms with Gasteiger partial charge in [0.2, 0.25) is 0 Å². The predicted octanol–water partition coefficient (Wildman–Crippen LogP) is 0.666. The van der Waals surface area contributed by atoms with Crippen LogP contribution < -0.4 is 0 Å². The van der Waals surface area contributed by atoms with Crippen molar-refractivity contribution in [3.8, 4) is 5.75 Å². The Bertz CT molecular complexity index is 148. The van der Waals surface area contributed by atoms with Gasteiger partial charge in [-0.2, -0.15) is 0 Å². The molecule has 0 fully saturated rings. The summed E-state index contributed by atoms with van der Waals surface area (Å²) in [5, 5.41) is 8.63. The van der Waals surface area contributed by atoms with Crippen LogP contribution in [0.5, 0.6) is 5.75 Å². The fourth-order valence-electron chi connectivity index (χ4n) is 0.428. The predicted molar refractivity (Wildman–Crippen MR) is 45.6 cm³/mol. The summed E-state index contributed by atoms with van der Waals surface area (Å²) in [5.74, 6) is 0.322. The van der Waals surface area contributed by atoms with Gasteiger partial charge in [-0.1, -0.05) is 18.2 Å². The Kier molecular flexibility index (Phi) is 23.9. The topological polar surface area (TPSA) is 20.2 Å². The number of benzene rings is 1. The third-order valence-electron chi connectivity index (χ3n) is 0.756. The minimum atomic E-state index is 0. The van der Waals surface area contributed by atoms with E-state index in [0.717, 1.165) is 0 Å². The molecule has 0 saturated carbocycles. The molecule has 0 heterocycles. The van der Waals surface area contributed by atoms with E-state index in [0.29, 0.717) is 5.75 Å². The van der Waals surface area contributed by atoms with Gasteiger partial charge in [-0.15, -0.1) is 0 Å². The molecule has 0 spiro atoms. The minimum Gasteiger partial charge on any atom is -0.508 e. The van der Waals surface area contributed by atoms with E-state index in [1.54, 1.807) is 24.3 Å². The third kappa shape index (κ3) is 8.87. The smallest absolute Gasteiger partial charge is 0.115 e. The van der Waals surface area contributed by atoms with Gasteiger partial charge in [0.25, 0.3) is 0 Å². The maximum Gasteiger partial charge on any atom is 0.115 e. The second kappa shape index (κ2) is 11.6. The average Bonchev–Trinajstić information content (AvgIpc) is 1.69. The Morgan fingerprint density at radius 1 is 0.818 bits per heavy atom. The van der Waals surface area contributed by atoms with E-state index in [2.05, 4.69) is 0 Å². The Morgan fingerprint density at radius 3 is 1.36 bits per heavy atom. The van der Waals surface area contributed by atoms with Crippen LogP contribution in [0, 0.1) is 0 Å². The molecule has 5 heteroatoms. The summed E-state index contributed by atoms with van der Waals surface area (Å²) in [5.41, 5.74) is 0. The summed E-state index contributed by atoms with van der Waals surface area (Å²) in [4.78, 5) is 0. The van der Waals surface area contributed by atoms with Crippen LogP contribution in [0.4, 0.5) is 14.1 Å². The van der Waals surface area contributed by atoms with Gasteiger partial charge in [0.1, 0.15) is 5.75 Å². The first-order valence-electron chi connectivity index (χ1n) is 2.13. The molecule has 0 aliphatic heterocycles. The van der Waals surface area contributed by atoms with Crippen LogP contribution in [-0.2, 0) is 0 Å². The van der Waals surface area contributed by atoms with Crippen molar-refractivity contribution in [1.29, 1.82) is 0 Å². The zero-order valence-electron chi connectivity index (χ0n) is 5.06. The monoisotopic (exact) mass is 168 g/mol. The molecule has 0 radical (unpaired) electrons. The van der Waals surface area contributed by atoms with E-state index in [1.807, 2.05) is 6.07 Å². The number of phenols is 1. The lowest BCUT2D eigenvalue weighted by molar-refractivity contribution is 0.475. The fourth-order valence-corrected chi connectivity index (χ4v) is 0.428. The number of rotatable bonds is 0. The van der Waals surface area contributed by atoms with Crippen molar-refractivity contribution in [3.63, 3.8) is 0 Å². The van der Waals surface area contributed by atoms with Crippen LogP contribution in [0.25, 0.3) is 0 Å². The molecule has 0 bridgehead atoms. The average molecular weight is 168 g/mol. The molecule has 1 nitrogen and oxygen atoms in total. The van der Waals surface area contributed by atoms with Crippen LogP contribution in [0.1, 0.15) is 0 Å². The fraction of sp³-hybridized carbons (Fsp3) is 0. The van der Waals surface area contributed by atoms with Gasteiger partial charge >= 0.3 is 0 Å². The van der Waals surface area contributed by atoms with Gasteiger partial charge in [-0.3, -0.25) is 14.1 Å². The number of para-hydroxylation sites is 1. The van der Waals surface area contributed by atoms with Crippen LogP contribution >= 0.6 is 0 Å². The number of halogens is 3. The van der Waals surface area contributed by atoms with E-state index in [9.17, 15) is 0 Å². The summed E-state index contributed by atoms with van der Waals surface area (Å²) >= 11 is 0. The molecule has 1 aromatic rings. The number of hydrogen-bond acceptors (Lipinski definition) is 1. The van der Waals surface area contributed by atoms with Gasteiger partial charge in [-0.05, 0) is 12.1 Å². The zero-order valence-corrected chi connectivity index (χ0v) is 5.06. The van der Waals surface area contributed by atoms with Crippen molar-refractivity contribution < 1.29 is 19.2 Å². The Morgan fingerprint density at radius 2 is 1.18 bits per heavy atom. The second-order valence-electron chi connectivity index (χ2n) is 1.34. The van der Waals surface area contributed by atoms with Crippen LogP contribution in [0.2, 0.25) is 0 Å². The molecule has 0 atom stereocenters. The molecule has 0 unspecified atom stereocenters. The first-order chi connectivity index (χ1) is 3.39. The summed E-state index contributed by atoms with van der Waals surface area (Å²) in [6.07, 6.45) is 0. The summed E-state index contributed by atoms with van der Waals surface area (Å²) in [7, 11) is 0. The van der Waals surface area contributed by atoms with Gasteiger partial charge in [0, 0.05) is 0 Å². The highest BCUT2D eigenvalue weighted by Gasteiger charge is 1.74. The number of aromatic hydroxyl groups is 1. The Hall–Kier alpha value is -1.13. The quantitative estimate of drug-likeness (QED) is 0.564. The Balaban J connectivity index is -0.0000000612. The van der Waals surface area contributed by atoms with E-state index in [-0.39, 0.29) is 22.5 Å². The molecule has 1 rings (SSSR count). The lowest BCUT2D eigenvalue weighted by Crippen LogP contribution is -1.56. The van der Waals surface area contributed by atoms with Gasteiger partial charge < -0.3 is 5.11 Å². The highest BCUT2D eigenvalue weighted by atomic mass is 19.0. The molecule has 66 valence electrons. The molecule has 1 N–H and O–H groups in total. The molecule has 0 saturated heterocycles. The molecule has 0 amide bonds. The molecule has 0 aliphatic rings. The first kappa shape index (κ1) is 22.5. The number of hydrogen-bond donors (Lipinski definition) is 1. The summed E-state index contributed by atoms with van der Waals surface area (Å²) in [6, 6.07) is 8.71. The number of phenolic OH excluding ortho intramolecular Hbond substituents is 1. The third-order valence-corrected chi connectivity index (χ3v) is 0.756. The van der Waals surface area contributed by atoms with E-state index in [4.69, 9.17) is 5.11 Å². The largest absolute Gasteiger partial charge is 0.508 e. The molecular weight excluding hydrogens is 156 g/mol. The lowest BCUT2D eigenvalue weighted by atomic mass is 10.3. The molecular formula is C6H12BF3O. The van der Waals surface area contributed by atoms with Crippen LogP contribution in [0.3, 0.4) is 0 Å². The maximum atomic E-state index is 8.63. The van der Waals surface area contributed by atoms with E-state index >= 15 is 0 Å². The normalized spacial score (nSPS) is 5.45. The van der Waals surface area contributed by atoms with Gasteiger partial charge in [0.15, 0.2) is 0 Å². The SMILES string of the molecule is B.F.F.F.Oc1ccccc1. The molecule has 0 aromatic heterocycles. The second-order valence-corrected chi connectivity index (χ2v) is 1.34. The van der Waals surface area contributed by atoms with Crippen LogP contribution in [-0.4, -0.2) is 13.5 Å². The van der Waals surface area contributed by atoms with Crippen molar-refractivity contribution in [2.24, 2.45) is 0 Å². The van der Waals surface area contributed by atoms with Crippen LogP contribution in [0.15, 0.2) is 30.3 Å². The molecule has 11 heavy (non-hydrogen) atoms. The van der Waals surface area contributed by atoms with Crippen molar-refractivity contribution >= 4 is 8.41 Å². The minimum absolute atomic E-state index is 0. The highest BCUT2D eigenvalue weighted by Crippen LogP contribution is 2.02. The highest BCUT2D eigenvalue weighted by molar-refractivity contribution is 5.75. The molecule has 0 aliphatic carbocycles.